The predicted octanol–water partition coefficient (Wildman–Crippen LogP) is 3.09. The van der Waals surface area contributed by atoms with Crippen molar-refractivity contribution in [2.45, 2.75) is 6.42 Å². The molecule has 0 aliphatic heterocycles. The van der Waals surface area contributed by atoms with Gasteiger partial charge in [-0.15, -0.1) is 0 Å². The van der Waals surface area contributed by atoms with Crippen LogP contribution in [0.4, 0.5) is 0 Å². The Morgan fingerprint density at radius 1 is 1.25 bits per heavy atom. The number of hydrogen-bond donors (Lipinski definition) is 0. The van der Waals surface area contributed by atoms with Gasteiger partial charge < -0.3 is 0 Å². The van der Waals surface area contributed by atoms with Crippen LogP contribution >= 0.6 is 11.6 Å². The van der Waals surface area contributed by atoms with E-state index in [9.17, 15) is 4.79 Å². The van der Waals surface area contributed by atoms with Crippen molar-refractivity contribution in [1.29, 1.82) is 0 Å². The van der Waals surface area contributed by atoms with Crippen LogP contribution in [-0.4, -0.2) is 35.8 Å². The fraction of sp³-hybridized carbons (Fsp3) is 0.250. The lowest BCUT2D eigenvalue weighted by Gasteiger charge is -2.15. The van der Waals surface area contributed by atoms with Gasteiger partial charge >= 0.3 is 0 Å². The van der Waals surface area contributed by atoms with E-state index in [0.29, 0.717) is 17.1 Å². The van der Waals surface area contributed by atoms with Crippen LogP contribution in [0.1, 0.15) is 15.9 Å². The van der Waals surface area contributed by atoms with Crippen LogP contribution in [0.25, 0.3) is 0 Å². The van der Waals surface area contributed by atoms with E-state index in [1.54, 1.807) is 36.7 Å². The molecule has 20 heavy (non-hydrogen) atoms. The molecule has 0 fully saturated rings. The van der Waals surface area contributed by atoms with Crippen LogP contribution in [0.2, 0.25) is 5.02 Å². The quantitative estimate of drug-likeness (QED) is 0.766. The van der Waals surface area contributed by atoms with Gasteiger partial charge in [0.1, 0.15) is 0 Å². The van der Waals surface area contributed by atoms with E-state index < -0.39 is 0 Å². The van der Waals surface area contributed by atoms with E-state index in [0.717, 1.165) is 13.0 Å². The lowest BCUT2D eigenvalue weighted by molar-refractivity contribution is 0.0947. The molecule has 0 atom stereocenters. The smallest absolute Gasteiger partial charge is 0.176 e. The minimum absolute atomic E-state index is 0.0877. The van der Waals surface area contributed by atoms with E-state index >= 15 is 0 Å². The minimum Gasteiger partial charge on any atom is -0.299 e. The number of halogens is 1. The first-order valence-electron chi connectivity index (χ1n) is 6.51. The second-order valence-electron chi connectivity index (χ2n) is 4.78. The number of carbonyl (C=O) groups excluding carboxylic acids is 1. The number of ketones is 1. The summed E-state index contributed by atoms with van der Waals surface area (Å²) in [5.74, 6) is 0.0877. The topological polar surface area (TPSA) is 33.2 Å². The zero-order chi connectivity index (χ0) is 14.4. The molecule has 1 aromatic heterocycles. The highest BCUT2D eigenvalue weighted by molar-refractivity contribution is 6.31. The predicted molar refractivity (Wildman–Crippen MR) is 81.2 cm³/mol. The van der Waals surface area contributed by atoms with Crippen molar-refractivity contribution >= 4 is 17.4 Å². The van der Waals surface area contributed by atoms with E-state index in [1.807, 2.05) is 24.1 Å². The van der Waals surface area contributed by atoms with Crippen molar-refractivity contribution in [2.75, 3.05) is 20.1 Å². The molecule has 0 bridgehead atoms. The van der Waals surface area contributed by atoms with Gasteiger partial charge in [-0.3, -0.25) is 14.7 Å². The molecule has 0 amide bonds. The molecule has 4 heteroatoms. The summed E-state index contributed by atoms with van der Waals surface area (Å²) in [6.07, 6.45) is 4.47. The van der Waals surface area contributed by atoms with Gasteiger partial charge in [0.15, 0.2) is 5.78 Å². The number of carbonyl (C=O) groups is 1. The van der Waals surface area contributed by atoms with Crippen molar-refractivity contribution in [3.8, 4) is 0 Å². The number of likely N-dealkylation sites (N-methyl/N-ethyl adjacent to an activating group) is 1. The summed E-state index contributed by atoms with van der Waals surface area (Å²) in [5.41, 5.74) is 1.88. The summed E-state index contributed by atoms with van der Waals surface area (Å²) in [6, 6.07) is 11.1. The second kappa shape index (κ2) is 7.17. The normalized spacial score (nSPS) is 10.8. The third-order valence-electron chi connectivity index (χ3n) is 3.09. The molecule has 2 aromatic rings. The summed E-state index contributed by atoms with van der Waals surface area (Å²) in [4.78, 5) is 18.1. The molecule has 0 aliphatic rings. The van der Waals surface area contributed by atoms with Crippen molar-refractivity contribution < 1.29 is 4.79 Å². The number of nitrogens with zero attached hydrogens (tertiary/aromatic N) is 2. The molecule has 1 heterocycles. The van der Waals surface area contributed by atoms with Crippen molar-refractivity contribution in [1.82, 2.24) is 9.88 Å². The molecule has 2 rings (SSSR count). The van der Waals surface area contributed by atoms with Crippen LogP contribution in [0.15, 0.2) is 48.8 Å². The first-order valence-corrected chi connectivity index (χ1v) is 6.89. The Labute approximate surface area is 124 Å². The summed E-state index contributed by atoms with van der Waals surface area (Å²) >= 11 is 5.89. The first kappa shape index (κ1) is 14.7. The van der Waals surface area contributed by atoms with Gasteiger partial charge in [0, 0.05) is 29.5 Å². The minimum atomic E-state index is 0.0877. The molecule has 0 unspecified atom stereocenters. The number of aromatic nitrogens is 1. The van der Waals surface area contributed by atoms with Gasteiger partial charge in [-0.25, -0.2) is 0 Å². The molecule has 0 aliphatic carbocycles. The van der Waals surface area contributed by atoms with Crippen LogP contribution in [0.5, 0.6) is 0 Å². The Kier molecular flexibility index (Phi) is 5.27. The highest BCUT2D eigenvalue weighted by Crippen LogP contribution is 2.11. The van der Waals surface area contributed by atoms with E-state index in [1.165, 1.54) is 5.56 Å². The Hall–Kier alpha value is -1.71. The fourth-order valence-electron chi connectivity index (χ4n) is 1.95. The summed E-state index contributed by atoms with van der Waals surface area (Å²) in [5, 5.41) is 0.593. The number of benzene rings is 1. The zero-order valence-electron chi connectivity index (χ0n) is 11.4. The van der Waals surface area contributed by atoms with Gasteiger partial charge in [0.05, 0.1) is 6.54 Å². The van der Waals surface area contributed by atoms with Gasteiger partial charge in [-0.2, -0.15) is 0 Å². The SMILES string of the molecule is CN(CCc1ccncc1)CC(=O)c1cccc(Cl)c1. The van der Waals surface area contributed by atoms with Gasteiger partial charge in [-0.05, 0) is 43.3 Å². The van der Waals surface area contributed by atoms with Gasteiger partial charge in [0.2, 0.25) is 0 Å². The molecule has 1 aromatic carbocycles. The third kappa shape index (κ3) is 4.44. The molecule has 0 radical (unpaired) electrons. The highest BCUT2D eigenvalue weighted by atomic mass is 35.5. The molecule has 0 N–H and O–H groups in total. The molecule has 0 saturated carbocycles. The number of pyridine rings is 1. The number of rotatable bonds is 6. The molecule has 104 valence electrons. The van der Waals surface area contributed by atoms with Crippen LogP contribution < -0.4 is 0 Å². The fourth-order valence-corrected chi connectivity index (χ4v) is 2.14. The zero-order valence-corrected chi connectivity index (χ0v) is 12.2. The summed E-state index contributed by atoms with van der Waals surface area (Å²) < 4.78 is 0. The largest absolute Gasteiger partial charge is 0.299 e. The monoisotopic (exact) mass is 288 g/mol. The van der Waals surface area contributed by atoms with E-state index in [4.69, 9.17) is 11.6 Å². The molecule has 3 nitrogen and oxygen atoms in total. The third-order valence-corrected chi connectivity index (χ3v) is 3.33. The maximum Gasteiger partial charge on any atom is 0.176 e. The second-order valence-corrected chi connectivity index (χ2v) is 5.21. The molecule has 0 spiro atoms. The highest BCUT2D eigenvalue weighted by Gasteiger charge is 2.09. The van der Waals surface area contributed by atoms with Gasteiger partial charge in [0.25, 0.3) is 0 Å². The Morgan fingerprint density at radius 3 is 2.70 bits per heavy atom. The Morgan fingerprint density at radius 2 is 2.00 bits per heavy atom. The standard InChI is InChI=1S/C16H17ClN2O/c1-19(10-7-13-5-8-18-9-6-13)12-16(20)14-3-2-4-15(17)11-14/h2-6,8-9,11H,7,10,12H2,1H3. The Balaban J connectivity index is 1.85. The van der Waals surface area contributed by atoms with Gasteiger partial charge in [-0.1, -0.05) is 23.7 Å². The van der Waals surface area contributed by atoms with Crippen LogP contribution in [-0.2, 0) is 6.42 Å². The number of Topliss-reactive ketones (excluding diaryl/α,β-unsaturated/α-hetero) is 1. The maximum absolute atomic E-state index is 12.1. The Bertz CT molecular complexity index is 572. The lowest BCUT2D eigenvalue weighted by Crippen LogP contribution is -2.28. The molecular weight excluding hydrogens is 272 g/mol. The van der Waals surface area contributed by atoms with Crippen LogP contribution in [0, 0.1) is 0 Å². The van der Waals surface area contributed by atoms with E-state index in [2.05, 4.69) is 4.98 Å². The van der Waals surface area contributed by atoms with Crippen molar-refractivity contribution in [3.63, 3.8) is 0 Å². The molecular formula is C16H17ClN2O. The first-order chi connectivity index (χ1) is 9.65. The molecule has 0 saturated heterocycles. The summed E-state index contributed by atoms with van der Waals surface area (Å²) in [6.45, 7) is 1.22. The van der Waals surface area contributed by atoms with Crippen LogP contribution in [0.3, 0.4) is 0 Å². The lowest BCUT2D eigenvalue weighted by atomic mass is 10.1. The van der Waals surface area contributed by atoms with Crippen molar-refractivity contribution in [3.05, 3.63) is 64.9 Å². The van der Waals surface area contributed by atoms with Crippen molar-refractivity contribution in [2.24, 2.45) is 0 Å². The summed E-state index contributed by atoms with van der Waals surface area (Å²) in [7, 11) is 1.95. The average Bonchev–Trinajstić information content (AvgIpc) is 2.46. The van der Waals surface area contributed by atoms with E-state index in [-0.39, 0.29) is 5.78 Å². The number of hydrogen-bond acceptors (Lipinski definition) is 3. The maximum atomic E-state index is 12.1. The average molecular weight is 289 g/mol.